The Morgan fingerprint density at radius 3 is 1.79 bits per heavy atom. The Kier molecular flexibility index (Phi) is 9.26. The highest BCUT2D eigenvalue weighted by Gasteiger charge is 2.50. The van der Waals surface area contributed by atoms with Crippen molar-refractivity contribution in [3.05, 3.63) is 0 Å². The minimum atomic E-state index is -1.03. The molecule has 2 spiro atoms. The smallest absolute Gasteiger partial charge is 0.249 e. The molecule has 2 aliphatic heterocycles. The molecule has 10 nitrogen and oxygen atoms in total. The first-order chi connectivity index (χ1) is 18.5. The average Bonchev–Trinajstić information content (AvgIpc) is 3.38. The van der Waals surface area contributed by atoms with Crippen LogP contribution in [0.5, 0.6) is 0 Å². The number of carbonyl (C=O) groups excluding carboxylic acids is 4. The monoisotopic (exact) mass is 548 g/mol. The summed E-state index contributed by atoms with van der Waals surface area (Å²) in [5.41, 5.74) is -0.151. The van der Waals surface area contributed by atoms with E-state index in [1.54, 1.807) is 37.7 Å². The van der Waals surface area contributed by atoms with Crippen LogP contribution in [0.1, 0.15) is 90.9 Å². The highest BCUT2D eigenvalue weighted by atomic mass is 16.5. The second-order valence-electron chi connectivity index (χ2n) is 12.8. The van der Waals surface area contributed by atoms with Gasteiger partial charge in [0, 0.05) is 40.0 Å². The SMILES string of the molecule is CNC(=O)[C@H]([C@@H](C)OCN(C)C(=O)[C@H]([C@@H](C)O)N1CC2(CCCCC2)CC1=O)N1CC2(CCCCC2)CC1=O. The quantitative estimate of drug-likeness (QED) is 0.426. The molecule has 0 bridgehead atoms. The molecular formula is C29H48N4O6. The van der Waals surface area contributed by atoms with Crippen molar-refractivity contribution in [3.8, 4) is 0 Å². The normalized spacial score (nSPS) is 25.6. The fourth-order valence-corrected chi connectivity index (χ4v) is 7.60. The van der Waals surface area contributed by atoms with Crippen LogP contribution in [0.25, 0.3) is 0 Å². The van der Waals surface area contributed by atoms with Crippen molar-refractivity contribution in [1.82, 2.24) is 20.0 Å². The topological polar surface area (TPSA) is 119 Å². The lowest BCUT2D eigenvalue weighted by molar-refractivity contribution is -0.155. The molecule has 4 rings (SSSR count). The molecule has 4 amide bonds. The summed E-state index contributed by atoms with van der Waals surface area (Å²) < 4.78 is 6.04. The van der Waals surface area contributed by atoms with Crippen LogP contribution in [0.15, 0.2) is 0 Å². The standard InChI is InChI=1S/C29H48N4O6/c1-20(34)24(32-17-28(15-22(32)35)11-7-5-8-12-28)27(38)31(4)19-39-21(2)25(26(37)30-3)33-18-29(16-23(33)36)13-9-6-10-14-29/h20-21,24-25,34H,5-19H2,1-4H3,(H,30,37)/t20-,21-,24+,25+/m1/s1. The van der Waals surface area contributed by atoms with Crippen LogP contribution in [0.2, 0.25) is 0 Å². The van der Waals surface area contributed by atoms with E-state index in [0.29, 0.717) is 25.9 Å². The molecule has 2 heterocycles. The molecule has 0 radical (unpaired) electrons. The highest BCUT2D eigenvalue weighted by molar-refractivity contribution is 5.90. The summed E-state index contributed by atoms with van der Waals surface area (Å²) in [6, 6.07) is -1.78. The van der Waals surface area contributed by atoms with E-state index in [4.69, 9.17) is 4.74 Å². The molecule has 4 atom stereocenters. The van der Waals surface area contributed by atoms with Crippen LogP contribution in [-0.2, 0) is 23.9 Å². The third-order valence-electron chi connectivity index (χ3n) is 9.78. The molecular weight excluding hydrogens is 500 g/mol. The maximum atomic E-state index is 13.5. The van der Waals surface area contributed by atoms with Gasteiger partial charge in [0.05, 0.1) is 12.2 Å². The number of aliphatic hydroxyl groups excluding tert-OH is 1. The summed E-state index contributed by atoms with van der Waals surface area (Å²) in [4.78, 5) is 57.2. The maximum Gasteiger partial charge on any atom is 0.249 e. The summed E-state index contributed by atoms with van der Waals surface area (Å²) >= 11 is 0. The maximum absolute atomic E-state index is 13.5. The van der Waals surface area contributed by atoms with Crippen molar-refractivity contribution in [3.63, 3.8) is 0 Å². The summed E-state index contributed by atoms with van der Waals surface area (Å²) in [6.45, 7) is 4.21. The summed E-state index contributed by atoms with van der Waals surface area (Å²) in [7, 11) is 3.13. The molecule has 4 aliphatic rings. The molecule has 10 heteroatoms. The first kappa shape index (κ1) is 29.8. The molecule has 39 heavy (non-hydrogen) atoms. The first-order valence-electron chi connectivity index (χ1n) is 14.9. The number of likely N-dealkylation sites (N-methyl/N-ethyl adjacent to an activating group) is 2. The molecule has 0 aromatic carbocycles. The fourth-order valence-electron chi connectivity index (χ4n) is 7.60. The van der Waals surface area contributed by atoms with Crippen LogP contribution in [0, 0.1) is 10.8 Å². The van der Waals surface area contributed by atoms with E-state index in [1.807, 2.05) is 0 Å². The van der Waals surface area contributed by atoms with E-state index in [-0.39, 0.29) is 35.3 Å². The molecule has 2 N–H and O–H groups in total. The number of hydrogen-bond acceptors (Lipinski definition) is 6. The fraction of sp³-hybridized carbons (Fsp3) is 0.862. The number of rotatable bonds is 9. The van der Waals surface area contributed by atoms with Crippen LogP contribution in [0.4, 0.5) is 0 Å². The molecule has 0 unspecified atom stereocenters. The Morgan fingerprint density at radius 1 is 0.897 bits per heavy atom. The van der Waals surface area contributed by atoms with Gasteiger partial charge in [-0.15, -0.1) is 0 Å². The lowest BCUT2D eigenvalue weighted by atomic mass is 9.73. The average molecular weight is 549 g/mol. The van der Waals surface area contributed by atoms with E-state index in [0.717, 1.165) is 51.4 Å². The van der Waals surface area contributed by atoms with Gasteiger partial charge in [-0.2, -0.15) is 0 Å². The summed E-state index contributed by atoms with van der Waals surface area (Å²) in [5.74, 6) is -0.792. The second kappa shape index (κ2) is 12.1. The Labute approximate surface area is 232 Å². The number of likely N-dealkylation sites (tertiary alicyclic amines) is 2. The van der Waals surface area contributed by atoms with Gasteiger partial charge in [-0.25, -0.2) is 0 Å². The predicted molar refractivity (Wildman–Crippen MR) is 145 cm³/mol. The molecule has 220 valence electrons. The zero-order chi connectivity index (χ0) is 28.4. The second-order valence-corrected chi connectivity index (χ2v) is 12.8. The van der Waals surface area contributed by atoms with Gasteiger partial charge in [0.1, 0.15) is 18.8 Å². The molecule has 0 aromatic rings. The largest absolute Gasteiger partial charge is 0.391 e. The van der Waals surface area contributed by atoms with Crippen LogP contribution >= 0.6 is 0 Å². The minimum absolute atomic E-state index is 0.0243. The van der Waals surface area contributed by atoms with E-state index < -0.39 is 30.2 Å². The number of aliphatic hydroxyl groups is 1. The van der Waals surface area contributed by atoms with Gasteiger partial charge in [-0.3, -0.25) is 19.2 Å². The summed E-state index contributed by atoms with van der Waals surface area (Å²) in [6.07, 6.45) is 9.91. The van der Waals surface area contributed by atoms with Gasteiger partial charge in [0.2, 0.25) is 23.6 Å². The number of nitrogens with zero attached hydrogens (tertiary/aromatic N) is 3. The van der Waals surface area contributed by atoms with Crippen molar-refractivity contribution in [2.75, 3.05) is 33.9 Å². The zero-order valence-electron chi connectivity index (χ0n) is 24.2. The van der Waals surface area contributed by atoms with Gasteiger partial charge in [0.25, 0.3) is 0 Å². The first-order valence-corrected chi connectivity index (χ1v) is 14.9. The van der Waals surface area contributed by atoms with Crippen molar-refractivity contribution < 1.29 is 29.0 Å². The number of carbonyl (C=O) groups is 4. The Bertz CT molecular complexity index is 927. The lowest BCUT2D eigenvalue weighted by Crippen LogP contribution is -2.56. The lowest BCUT2D eigenvalue weighted by Gasteiger charge is -2.37. The van der Waals surface area contributed by atoms with Crippen molar-refractivity contribution >= 4 is 23.6 Å². The van der Waals surface area contributed by atoms with E-state index in [1.165, 1.54) is 17.7 Å². The number of hydrogen-bond donors (Lipinski definition) is 2. The predicted octanol–water partition coefficient (Wildman–Crippen LogP) is 2.04. The molecule has 0 aromatic heterocycles. The zero-order valence-corrected chi connectivity index (χ0v) is 24.2. The third kappa shape index (κ3) is 6.26. The Morgan fingerprint density at radius 2 is 1.36 bits per heavy atom. The minimum Gasteiger partial charge on any atom is -0.391 e. The van der Waals surface area contributed by atoms with Crippen molar-refractivity contribution in [1.29, 1.82) is 0 Å². The van der Waals surface area contributed by atoms with E-state index in [2.05, 4.69) is 5.32 Å². The van der Waals surface area contributed by atoms with Crippen LogP contribution < -0.4 is 5.32 Å². The third-order valence-corrected chi connectivity index (χ3v) is 9.78. The number of nitrogens with one attached hydrogen (secondary N) is 1. The van der Waals surface area contributed by atoms with Gasteiger partial charge in [0.15, 0.2) is 0 Å². The number of ether oxygens (including phenoxy) is 1. The Hall–Kier alpha value is -2.20. The Balaban J connectivity index is 1.40. The van der Waals surface area contributed by atoms with E-state index >= 15 is 0 Å². The van der Waals surface area contributed by atoms with Crippen LogP contribution in [-0.4, -0.2) is 102 Å². The highest BCUT2D eigenvalue weighted by Crippen LogP contribution is 2.46. The van der Waals surface area contributed by atoms with E-state index in [9.17, 15) is 24.3 Å². The summed E-state index contributed by atoms with van der Waals surface area (Å²) in [5, 5.41) is 13.3. The van der Waals surface area contributed by atoms with Crippen molar-refractivity contribution in [2.24, 2.45) is 10.8 Å². The number of amides is 4. The molecule has 2 saturated carbocycles. The van der Waals surface area contributed by atoms with Gasteiger partial charge in [-0.1, -0.05) is 38.5 Å². The van der Waals surface area contributed by atoms with Gasteiger partial charge < -0.3 is 29.9 Å². The molecule has 2 saturated heterocycles. The molecule has 4 fully saturated rings. The van der Waals surface area contributed by atoms with Gasteiger partial charge >= 0.3 is 0 Å². The van der Waals surface area contributed by atoms with Crippen molar-refractivity contribution in [2.45, 2.75) is 115 Å². The molecule has 2 aliphatic carbocycles. The van der Waals surface area contributed by atoms with Gasteiger partial charge in [-0.05, 0) is 50.4 Å². The van der Waals surface area contributed by atoms with Crippen LogP contribution in [0.3, 0.4) is 0 Å².